The SMILES string of the molecule is O=C(CN1CCN(c2ccc(Cl)c(Cl)n2)CC1)N1CC=C(c2cccc3ccsc23)CC1. The van der Waals surface area contributed by atoms with Crippen LogP contribution in [0.3, 0.4) is 0 Å². The van der Waals surface area contributed by atoms with Gasteiger partial charge in [0.2, 0.25) is 5.91 Å². The normalized spacial score (nSPS) is 17.6. The fourth-order valence-corrected chi connectivity index (χ4v) is 5.60. The van der Waals surface area contributed by atoms with E-state index in [0.29, 0.717) is 23.3 Å². The number of amides is 1. The minimum atomic E-state index is 0.204. The van der Waals surface area contributed by atoms with E-state index in [4.69, 9.17) is 23.2 Å². The summed E-state index contributed by atoms with van der Waals surface area (Å²) in [6.07, 6.45) is 3.13. The number of pyridine rings is 1. The lowest BCUT2D eigenvalue weighted by atomic mass is 9.98. The third-order valence-corrected chi connectivity index (χ3v) is 7.88. The van der Waals surface area contributed by atoms with Gasteiger partial charge in [0.1, 0.15) is 11.0 Å². The molecule has 1 fully saturated rings. The Hall–Kier alpha value is -2.12. The Kier molecular flexibility index (Phi) is 6.37. The molecular weight excluding hydrogens is 463 g/mol. The van der Waals surface area contributed by atoms with Crippen LogP contribution in [0, 0.1) is 0 Å². The number of thiophene rings is 1. The molecule has 2 aliphatic heterocycles. The second-order valence-corrected chi connectivity index (χ2v) is 9.85. The van der Waals surface area contributed by atoms with Gasteiger partial charge < -0.3 is 9.80 Å². The van der Waals surface area contributed by atoms with Crippen molar-refractivity contribution < 1.29 is 4.79 Å². The van der Waals surface area contributed by atoms with Crippen LogP contribution in [-0.4, -0.2) is 66.5 Å². The summed E-state index contributed by atoms with van der Waals surface area (Å²) in [4.78, 5) is 23.7. The highest BCUT2D eigenvalue weighted by Crippen LogP contribution is 2.32. The molecule has 0 aliphatic carbocycles. The molecule has 3 aromatic rings. The van der Waals surface area contributed by atoms with Crippen LogP contribution in [0.5, 0.6) is 0 Å². The zero-order chi connectivity index (χ0) is 22.1. The van der Waals surface area contributed by atoms with Gasteiger partial charge in [-0.3, -0.25) is 9.69 Å². The fourth-order valence-electron chi connectivity index (χ4n) is 4.40. The highest BCUT2D eigenvalue weighted by molar-refractivity contribution is 7.17. The van der Waals surface area contributed by atoms with Gasteiger partial charge >= 0.3 is 0 Å². The quantitative estimate of drug-likeness (QED) is 0.484. The lowest BCUT2D eigenvalue weighted by Crippen LogP contribution is -2.50. The smallest absolute Gasteiger partial charge is 0.237 e. The molecular formula is C24H24Cl2N4OS. The average Bonchev–Trinajstić information content (AvgIpc) is 3.31. The second kappa shape index (κ2) is 9.40. The molecule has 0 saturated carbocycles. The first-order chi connectivity index (χ1) is 15.6. The number of piperazine rings is 1. The molecule has 166 valence electrons. The van der Waals surface area contributed by atoms with Gasteiger partial charge in [-0.1, -0.05) is 47.5 Å². The molecule has 5 nitrogen and oxygen atoms in total. The fraction of sp³-hybridized carbons (Fsp3) is 0.333. The first-order valence-corrected chi connectivity index (χ1v) is 12.4. The number of fused-ring (bicyclic) bond motifs is 1. The summed E-state index contributed by atoms with van der Waals surface area (Å²) in [5.74, 6) is 1.04. The van der Waals surface area contributed by atoms with E-state index in [0.717, 1.165) is 45.0 Å². The Labute approximate surface area is 201 Å². The largest absolute Gasteiger partial charge is 0.354 e. The molecule has 0 spiro atoms. The van der Waals surface area contributed by atoms with Gasteiger partial charge in [0.05, 0.1) is 11.6 Å². The number of aromatic nitrogens is 1. The molecule has 4 heterocycles. The van der Waals surface area contributed by atoms with Gasteiger partial charge in [-0.2, -0.15) is 0 Å². The van der Waals surface area contributed by atoms with E-state index >= 15 is 0 Å². The van der Waals surface area contributed by atoms with Gasteiger partial charge in [0, 0.05) is 44.0 Å². The number of anilines is 1. The molecule has 1 amide bonds. The van der Waals surface area contributed by atoms with Gasteiger partial charge in [-0.25, -0.2) is 4.98 Å². The van der Waals surface area contributed by atoms with Crippen molar-refractivity contribution in [1.29, 1.82) is 0 Å². The summed E-state index contributed by atoms with van der Waals surface area (Å²) in [6, 6.07) is 12.3. The van der Waals surface area contributed by atoms with Gasteiger partial charge in [0.15, 0.2) is 0 Å². The first-order valence-electron chi connectivity index (χ1n) is 10.8. The molecule has 0 radical (unpaired) electrons. The average molecular weight is 487 g/mol. The predicted molar refractivity (Wildman–Crippen MR) is 134 cm³/mol. The van der Waals surface area contributed by atoms with Gasteiger partial charge in [0.25, 0.3) is 0 Å². The number of hydrogen-bond acceptors (Lipinski definition) is 5. The van der Waals surface area contributed by atoms with Crippen molar-refractivity contribution >= 4 is 61.9 Å². The molecule has 5 rings (SSSR count). The summed E-state index contributed by atoms with van der Waals surface area (Å²) in [5.41, 5.74) is 2.67. The Morgan fingerprint density at radius 3 is 2.62 bits per heavy atom. The molecule has 0 atom stereocenters. The van der Waals surface area contributed by atoms with Crippen LogP contribution in [0.2, 0.25) is 10.2 Å². The Balaban J connectivity index is 1.15. The maximum absolute atomic E-state index is 12.9. The minimum Gasteiger partial charge on any atom is -0.354 e. The molecule has 1 aromatic carbocycles. The van der Waals surface area contributed by atoms with Crippen molar-refractivity contribution in [2.75, 3.05) is 50.7 Å². The Morgan fingerprint density at radius 2 is 1.88 bits per heavy atom. The number of nitrogens with zero attached hydrogens (tertiary/aromatic N) is 4. The van der Waals surface area contributed by atoms with Crippen LogP contribution in [0.15, 0.2) is 47.9 Å². The summed E-state index contributed by atoms with van der Waals surface area (Å²) in [7, 11) is 0. The van der Waals surface area contributed by atoms with Crippen molar-refractivity contribution in [2.24, 2.45) is 0 Å². The van der Waals surface area contributed by atoms with Gasteiger partial charge in [-0.05, 0) is 46.5 Å². The monoisotopic (exact) mass is 486 g/mol. The number of carbonyl (C=O) groups excluding carboxylic acids is 1. The van der Waals surface area contributed by atoms with Crippen LogP contribution >= 0.6 is 34.5 Å². The van der Waals surface area contributed by atoms with Gasteiger partial charge in [-0.15, -0.1) is 11.3 Å². The molecule has 32 heavy (non-hydrogen) atoms. The van der Waals surface area contributed by atoms with Crippen molar-refractivity contribution in [3.8, 4) is 0 Å². The first kappa shape index (κ1) is 21.7. The molecule has 1 saturated heterocycles. The molecule has 0 N–H and O–H groups in total. The summed E-state index contributed by atoms with van der Waals surface area (Å²) < 4.78 is 1.34. The topological polar surface area (TPSA) is 39.7 Å². The van der Waals surface area contributed by atoms with Crippen molar-refractivity contribution in [1.82, 2.24) is 14.8 Å². The third kappa shape index (κ3) is 4.50. The van der Waals surface area contributed by atoms with Crippen LogP contribution < -0.4 is 4.90 Å². The van der Waals surface area contributed by atoms with E-state index in [1.54, 1.807) is 17.4 Å². The zero-order valence-corrected chi connectivity index (χ0v) is 20.0. The highest BCUT2D eigenvalue weighted by atomic mass is 35.5. The maximum Gasteiger partial charge on any atom is 0.237 e. The maximum atomic E-state index is 12.9. The van der Waals surface area contributed by atoms with Crippen LogP contribution in [-0.2, 0) is 4.79 Å². The van der Waals surface area contributed by atoms with E-state index in [2.05, 4.69) is 50.5 Å². The molecule has 8 heteroatoms. The van der Waals surface area contributed by atoms with Crippen LogP contribution in [0.25, 0.3) is 15.7 Å². The standard InChI is InChI=1S/C24H24Cl2N4OS/c25-20-4-5-21(27-24(20)26)29-13-11-28(12-14-29)16-22(31)30-9-6-17(7-10-30)19-3-1-2-18-8-15-32-23(18)19/h1-6,8,15H,7,9-14,16H2. The Bertz CT molecular complexity index is 1170. The summed E-state index contributed by atoms with van der Waals surface area (Å²) in [5, 5.41) is 4.23. The highest BCUT2D eigenvalue weighted by Gasteiger charge is 2.24. The molecule has 0 bridgehead atoms. The van der Waals surface area contributed by atoms with Crippen LogP contribution in [0.4, 0.5) is 5.82 Å². The predicted octanol–water partition coefficient (Wildman–Crippen LogP) is 5.04. The van der Waals surface area contributed by atoms with E-state index < -0.39 is 0 Å². The number of carbonyl (C=O) groups is 1. The number of rotatable bonds is 4. The number of hydrogen-bond donors (Lipinski definition) is 0. The summed E-state index contributed by atoms with van der Waals surface area (Å²) >= 11 is 13.8. The summed E-state index contributed by atoms with van der Waals surface area (Å²) in [6.45, 7) is 5.20. The third-order valence-electron chi connectivity index (χ3n) is 6.23. The molecule has 2 aromatic heterocycles. The van der Waals surface area contributed by atoms with E-state index in [1.807, 2.05) is 11.0 Å². The van der Waals surface area contributed by atoms with E-state index in [9.17, 15) is 4.79 Å². The van der Waals surface area contributed by atoms with E-state index in [1.165, 1.54) is 21.2 Å². The second-order valence-electron chi connectivity index (χ2n) is 8.17. The lowest BCUT2D eigenvalue weighted by Gasteiger charge is -2.36. The lowest BCUT2D eigenvalue weighted by molar-refractivity contribution is -0.132. The number of halogens is 2. The van der Waals surface area contributed by atoms with Crippen molar-refractivity contribution in [3.63, 3.8) is 0 Å². The molecule has 2 aliphatic rings. The van der Waals surface area contributed by atoms with Crippen molar-refractivity contribution in [3.05, 3.63) is 63.6 Å². The van der Waals surface area contributed by atoms with Crippen LogP contribution in [0.1, 0.15) is 12.0 Å². The zero-order valence-electron chi connectivity index (χ0n) is 17.6. The van der Waals surface area contributed by atoms with E-state index in [-0.39, 0.29) is 5.91 Å². The number of benzene rings is 1. The minimum absolute atomic E-state index is 0.204. The molecule has 0 unspecified atom stereocenters. The Morgan fingerprint density at radius 1 is 1.03 bits per heavy atom. The van der Waals surface area contributed by atoms with Crippen molar-refractivity contribution in [2.45, 2.75) is 6.42 Å².